The Labute approximate surface area is 190 Å². The molecule has 3 heterocycles. The van der Waals surface area contributed by atoms with E-state index in [4.69, 9.17) is 5.26 Å². The fraction of sp³-hybridized carbons (Fsp3) is 0.375. The Kier molecular flexibility index (Phi) is 5.51. The number of rotatable bonds is 3. The molecule has 158 valence electrons. The number of carbonyl (C=O) groups is 1. The lowest BCUT2D eigenvalue weighted by atomic mass is 9.85. The quantitative estimate of drug-likeness (QED) is 0.729. The van der Waals surface area contributed by atoms with Crippen molar-refractivity contribution in [3.8, 4) is 6.07 Å². The summed E-state index contributed by atoms with van der Waals surface area (Å²) < 4.78 is 0.967. The van der Waals surface area contributed by atoms with Crippen molar-refractivity contribution >= 4 is 38.9 Å². The highest BCUT2D eigenvalue weighted by molar-refractivity contribution is 9.10. The first-order valence-corrected chi connectivity index (χ1v) is 11.6. The molecule has 7 heteroatoms. The summed E-state index contributed by atoms with van der Waals surface area (Å²) in [5.41, 5.74) is 5.97. The van der Waals surface area contributed by atoms with Crippen molar-refractivity contribution in [3.05, 3.63) is 57.6 Å². The Morgan fingerprint density at radius 2 is 2.00 bits per heavy atom. The zero-order valence-electron chi connectivity index (χ0n) is 17.3. The summed E-state index contributed by atoms with van der Waals surface area (Å²) in [6.07, 6.45) is 1.88. The van der Waals surface area contributed by atoms with Gasteiger partial charge in [-0.1, -0.05) is 12.1 Å². The zero-order chi connectivity index (χ0) is 21.4. The van der Waals surface area contributed by atoms with E-state index in [1.54, 1.807) is 0 Å². The molecule has 0 spiro atoms. The van der Waals surface area contributed by atoms with Crippen molar-refractivity contribution in [2.75, 3.05) is 42.9 Å². The van der Waals surface area contributed by atoms with Gasteiger partial charge in [-0.05, 0) is 58.6 Å². The van der Waals surface area contributed by atoms with Gasteiger partial charge in [0.15, 0.2) is 0 Å². The summed E-state index contributed by atoms with van der Waals surface area (Å²) in [5, 5.41) is 12.2. The number of aliphatic imine (C=N–C) groups is 1. The topological polar surface area (TPSA) is 71.7 Å². The molecular formula is C24H24BrN5O. The van der Waals surface area contributed by atoms with Crippen LogP contribution in [0.3, 0.4) is 0 Å². The van der Waals surface area contributed by atoms with E-state index in [0.29, 0.717) is 5.56 Å². The van der Waals surface area contributed by atoms with Crippen molar-refractivity contribution in [3.63, 3.8) is 0 Å². The third-order valence-electron chi connectivity index (χ3n) is 6.39. The van der Waals surface area contributed by atoms with E-state index in [1.165, 1.54) is 5.56 Å². The van der Waals surface area contributed by atoms with Gasteiger partial charge < -0.3 is 10.2 Å². The van der Waals surface area contributed by atoms with Crippen LogP contribution in [0.1, 0.15) is 29.5 Å². The first kappa shape index (κ1) is 20.2. The molecule has 1 atom stereocenters. The van der Waals surface area contributed by atoms with Gasteiger partial charge >= 0.3 is 0 Å². The monoisotopic (exact) mass is 477 g/mol. The van der Waals surface area contributed by atoms with Crippen LogP contribution in [0.15, 0.2) is 45.9 Å². The molecule has 1 saturated heterocycles. The number of benzene rings is 2. The summed E-state index contributed by atoms with van der Waals surface area (Å²) in [6.45, 7) is 5.48. The Balaban J connectivity index is 1.25. The minimum Gasteiger partial charge on any atom is -0.368 e. The SMILES string of the molecule is N#Cc1ccc(N2CCN(Cc3ccc4c(c3)NC(=O)C3CCCN=C43)CC2)c(Br)c1. The highest BCUT2D eigenvalue weighted by atomic mass is 79.9. The van der Waals surface area contributed by atoms with Crippen LogP contribution in [0.4, 0.5) is 11.4 Å². The van der Waals surface area contributed by atoms with Crippen molar-refractivity contribution in [1.29, 1.82) is 5.26 Å². The fourth-order valence-corrected chi connectivity index (χ4v) is 5.37. The molecule has 0 saturated carbocycles. The molecule has 0 radical (unpaired) electrons. The maximum Gasteiger partial charge on any atom is 0.233 e. The van der Waals surface area contributed by atoms with Gasteiger partial charge in [-0.2, -0.15) is 5.26 Å². The first-order valence-electron chi connectivity index (χ1n) is 10.8. The third-order valence-corrected chi connectivity index (χ3v) is 7.03. The van der Waals surface area contributed by atoms with E-state index in [2.05, 4.69) is 60.3 Å². The summed E-state index contributed by atoms with van der Waals surface area (Å²) in [7, 11) is 0. The molecule has 31 heavy (non-hydrogen) atoms. The Hall–Kier alpha value is -2.69. The van der Waals surface area contributed by atoms with E-state index < -0.39 is 0 Å². The van der Waals surface area contributed by atoms with E-state index in [1.807, 2.05) is 18.2 Å². The molecule has 1 amide bonds. The van der Waals surface area contributed by atoms with Gasteiger partial charge in [-0.15, -0.1) is 0 Å². The van der Waals surface area contributed by atoms with Crippen molar-refractivity contribution in [2.45, 2.75) is 19.4 Å². The number of piperazine rings is 1. The number of carbonyl (C=O) groups excluding carboxylic acids is 1. The fourth-order valence-electron chi connectivity index (χ4n) is 4.74. The second-order valence-corrected chi connectivity index (χ2v) is 9.23. The summed E-state index contributed by atoms with van der Waals surface area (Å²) in [5.74, 6) is 0.00596. The summed E-state index contributed by atoms with van der Waals surface area (Å²) >= 11 is 3.61. The van der Waals surface area contributed by atoms with E-state index in [-0.39, 0.29) is 11.8 Å². The highest BCUT2D eigenvalue weighted by Gasteiger charge is 2.33. The molecule has 2 aromatic rings. The number of hydrogen-bond acceptors (Lipinski definition) is 5. The predicted molar refractivity (Wildman–Crippen MR) is 126 cm³/mol. The molecule has 2 aromatic carbocycles. The number of nitriles is 1. The average Bonchev–Trinajstić information content (AvgIpc) is 2.80. The van der Waals surface area contributed by atoms with E-state index in [9.17, 15) is 4.79 Å². The molecule has 6 nitrogen and oxygen atoms in total. The van der Waals surface area contributed by atoms with Crippen molar-refractivity contribution < 1.29 is 4.79 Å². The van der Waals surface area contributed by atoms with Crippen LogP contribution in [0, 0.1) is 17.2 Å². The lowest BCUT2D eigenvalue weighted by molar-refractivity contribution is -0.118. The van der Waals surface area contributed by atoms with Gasteiger partial charge in [0.25, 0.3) is 0 Å². The van der Waals surface area contributed by atoms with E-state index in [0.717, 1.165) is 79.2 Å². The Morgan fingerprint density at radius 1 is 1.16 bits per heavy atom. The molecule has 5 rings (SSSR count). The van der Waals surface area contributed by atoms with E-state index >= 15 is 0 Å². The smallest absolute Gasteiger partial charge is 0.233 e. The van der Waals surface area contributed by atoms with Crippen LogP contribution in [-0.2, 0) is 11.3 Å². The molecule has 1 unspecified atom stereocenters. The molecule has 1 N–H and O–H groups in total. The standard InChI is InChI=1S/C24H24BrN5O/c25-20-12-16(14-26)4-6-22(20)30-10-8-29(9-11-30)15-17-3-5-18-21(13-17)28-24(31)19-2-1-7-27-23(18)19/h3-6,12-13,19H,1-2,7-11,15H2,(H,28,31). The maximum atomic E-state index is 12.5. The second kappa shape index (κ2) is 8.45. The zero-order valence-corrected chi connectivity index (χ0v) is 18.9. The number of amides is 1. The first-order chi connectivity index (χ1) is 15.1. The van der Waals surface area contributed by atoms with Gasteiger partial charge in [0.2, 0.25) is 5.91 Å². The van der Waals surface area contributed by atoms with Crippen LogP contribution in [-0.4, -0.2) is 49.2 Å². The van der Waals surface area contributed by atoms with Crippen LogP contribution in [0.2, 0.25) is 0 Å². The number of nitrogens with zero attached hydrogens (tertiary/aromatic N) is 4. The van der Waals surface area contributed by atoms with Gasteiger partial charge in [0.1, 0.15) is 0 Å². The number of fused-ring (bicyclic) bond motifs is 3. The van der Waals surface area contributed by atoms with Gasteiger partial charge in [0.05, 0.1) is 34.6 Å². The average molecular weight is 478 g/mol. The molecule has 0 aliphatic carbocycles. The normalized spacial score (nSPS) is 20.9. The van der Waals surface area contributed by atoms with Gasteiger partial charge in [-0.3, -0.25) is 14.7 Å². The molecule has 0 aromatic heterocycles. The predicted octanol–water partition coefficient (Wildman–Crippen LogP) is 3.79. The largest absolute Gasteiger partial charge is 0.368 e. The maximum absolute atomic E-state index is 12.5. The van der Waals surface area contributed by atoms with Crippen LogP contribution >= 0.6 is 15.9 Å². The number of hydrogen-bond donors (Lipinski definition) is 1. The highest BCUT2D eigenvalue weighted by Crippen LogP contribution is 2.32. The second-order valence-electron chi connectivity index (χ2n) is 8.37. The van der Waals surface area contributed by atoms with Crippen molar-refractivity contribution in [1.82, 2.24) is 4.90 Å². The third kappa shape index (κ3) is 3.98. The molecule has 1 fully saturated rings. The van der Waals surface area contributed by atoms with Gasteiger partial charge in [-0.25, -0.2) is 0 Å². The lowest BCUT2D eigenvalue weighted by Gasteiger charge is -2.37. The minimum atomic E-state index is -0.0817. The van der Waals surface area contributed by atoms with Crippen LogP contribution < -0.4 is 10.2 Å². The number of halogens is 1. The number of nitrogens with one attached hydrogen (secondary N) is 1. The van der Waals surface area contributed by atoms with Gasteiger partial charge in [0, 0.05) is 49.3 Å². The molecule has 3 aliphatic rings. The number of anilines is 2. The minimum absolute atomic E-state index is 0.0817. The molecule has 0 bridgehead atoms. The molecular weight excluding hydrogens is 454 g/mol. The Morgan fingerprint density at radius 3 is 2.77 bits per heavy atom. The van der Waals surface area contributed by atoms with Crippen LogP contribution in [0.5, 0.6) is 0 Å². The van der Waals surface area contributed by atoms with Crippen LogP contribution in [0.25, 0.3) is 0 Å². The molecule has 3 aliphatic heterocycles. The van der Waals surface area contributed by atoms with Crippen molar-refractivity contribution in [2.24, 2.45) is 10.9 Å². The lowest BCUT2D eigenvalue weighted by Crippen LogP contribution is -2.46. The summed E-state index contributed by atoms with van der Waals surface area (Å²) in [6, 6.07) is 14.4. The Bertz CT molecular complexity index is 1100. The summed E-state index contributed by atoms with van der Waals surface area (Å²) in [4.78, 5) is 22.0.